The molecule has 1 saturated heterocycles. The molecule has 248 valence electrons. The Morgan fingerprint density at radius 2 is 1.91 bits per heavy atom. The number of aromatic nitrogens is 3. The van der Waals surface area contributed by atoms with Crippen molar-refractivity contribution >= 4 is 29.1 Å². The second-order valence-corrected chi connectivity index (χ2v) is 12.7. The summed E-state index contributed by atoms with van der Waals surface area (Å²) >= 11 is 12.5. The van der Waals surface area contributed by atoms with Gasteiger partial charge in [-0.25, -0.2) is 13.8 Å². The van der Waals surface area contributed by atoms with Crippen LogP contribution in [0.5, 0.6) is 5.88 Å². The van der Waals surface area contributed by atoms with Crippen molar-refractivity contribution in [3.63, 3.8) is 0 Å². The Kier molecular flexibility index (Phi) is 10.7. The predicted octanol–water partition coefficient (Wildman–Crippen LogP) is 6.76. The third kappa shape index (κ3) is 7.92. The zero-order valence-electron chi connectivity index (χ0n) is 25.9. The molecule has 13 heteroatoms. The van der Waals surface area contributed by atoms with Gasteiger partial charge in [0.1, 0.15) is 17.3 Å². The summed E-state index contributed by atoms with van der Waals surface area (Å²) in [6.45, 7) is 2.42. The van der Waals surface area contributed by atoms with Gasteiger partial charge in [0.05, 0.1) is 21.5 Å². The smallest absolute Gasteiger partial charge is 0.228 e. The molecule has 6 rings (SSSR count). The van der Waals surface area contributed by atoms with Crippen LogP contribution in [0.25, 0.3) is 11.3 Å². The molecule has 1 saturated carbocycles. The van der Waals surface area contributed by atoms with E-state index in [1.54, 1.807) is 25.6 Å². The molecule has 9 nitrogen and oxygen atoms in total. The van der Waals surface area contributed by atoms with Gasteiger partial charge >= 0.3 is 0 Å². The van der Waals surface area contributed by atoms with Gasteiger partial charge < -0.3 is 24.2 Å². The number of aryl methyl sites for hydroxylation is 1. The van der Waals surface area contributed by atoms with Crippen LogP contribution in [0.2, 0.25) is 10.0 Å². The van der Waals surface area contributed by atoms with Gasteiger partial charge in [0.25, 0.3) is 0 Å². The number of benzene rings is 1. The van der Waals surface area contributed by atoms with Crippen LogP contribution in [0.15, 0.2) is 53.3 Å². The van der Waals surface area contributed by atoms with E-state index in [9.17, 15) is 13.6 Å². The van der Waals surface area contributed by atoms with Gasteiger partial charge in [0.15, 0.2) is 12.4 Å². The number of carbonyl (C=O) groups is 1. The van der Waals surface area contributed by atoms with E-state index < -0.39 is 11.6 Å². The van der Waals surface area contributed by atoms with Crippen LogP contribution in [0.3, 0.4) is 0 Å². The lowest BCUT2D eigenvalue weighted by atomic mass is 9.81. The third-order valence-electron chi connectivity index (χ3n) is 8.59. The molecule has 2 fully saturated rings. The van der Waals surface area contributed by atoms with Crippen molar-refractivity contribution in [3.05, 3.63) is 93.1 Å². The van der Waals surface area contributed by atoms with Crippen molar-refractivity contribution in [2.45, 2.75) is 57.2 Å². The highest BCUT2D eigenvalue weighted by Gasteiger charge is 2.40. The lowest BCUT2D eigenvalue weighted by molar-refractivity contribution is -0.138. The Hall–Kier alpha value is -3.64. The van der Waals surface area contributed by atoms with Gasteiger partial charge in [-0.15, -0.1) is 0 Å². The number of nitrogens with one attached hydrogen (secondary N) is 1. The zero-order valence-corrected chi connectivity index (χ0v) is 27.4. The first-order valence-corrected chi connectivity index (χ1v) is 16.4. The van der Waals surface area contributed by atoms with Crippen molar-refractivity contribution in [3.8, 4) is 17.1 Å². The molecule has 2 unspecified atom stereocenters. The van der Waals surface area contributed by atoms with Gasteiger partial charge in [-0.1, -0.05) is 34.4 Å². The molecule has 0 radical (unpaired) electrons. The fourth-order valence-corrected chi connectivity index (χ4v) is 6.39. The van der Waals surface area contributed by atoms with Crippen LogP contribution < -0.4 is 10.1 Å². The van der Waals surface area contributed by atoms with E-state index in [2.05, 4.69) is 20.4 Å². The SMILES string of the molecule is COCCCc1cc(CN(C(=O)C2CNCCC2c2ccc(OCc3cc(-c4c(F)ccc(F)c4Cl)no3)nc2)C2CC2)c(Cl)cn1. The first kappa shape index (κ1) is 33.3. The summed E-state index contributed by atoms with van der Waals surface area (Å²) in [6, 6.07) is 9.26. The largest absolute Gasteiger partial charge is 0.469 e. The van der Waals surface area contributed by atoms with Gasteiger partial charge in [-0.3, -0.25) is 9.78 Å². The number of methoxy groups -OCH3 is 1. The Morgan fingerprint density at radius 3 is 2.68 bits per heavy atom. The molecular formula is C34H35Cl2F2N5O4. The van der Waals surface area contributed by atoms with Crippen molar-refractivity contribution in [2.24, 2.45) is 5.92 Å². The number of hydrogen-bond acceptors (Lipinski definition) is 8. The summed E-state index contributed by atoms with van der Waals surface area (Å²) < 4.78 is 44.4. The molecular weight excluding hydrogens is 651 g/mol. The minimum absolute atomic E-state index is 0.0215. The minimum Gasteiger partial charge on any atom is -0.469 e. The van der Waals surface area contributed by atoms with Crippen molar-refractivity contribution in [1.29, 1.82) is 0 Å². The Balaban J connectivity index is 1.11. The van der Waals surface area contributed by atoms with Crippen molar-refractivity contribution in [2.75, 3.05) is 26.8 Å². The molecule has 1 amide bonds. The van der Waals surface area contributed by atoms with E-state index in [-0.39, 0.29) is 52.4 Å². The monoisotopic (exact) mass is 685 g/mol. The molecule has 0 bridgehead atoms. The van der Waals surface area contributed by atoms with E-state index in [0.717, 1.165) is 67.6 Å². The molecule has 3 aromatic heterocycles. The van der Waals surface area contributed by atoms with Gasteiger partial charge in [0, 0.05) is 63.1 Å². The number of carbonyl (C=O) groups excluding carboxylic acids is 1. The first-order valence-electron chi connectivity index (χ1n) is 15.6. The molecule has 1 aliphatic heterocycles. The second-order valence-electron chi connectivity index (χ2n) is 11.9. The number of amides is 1. The summed E-state index contributed by atoms with van der Waals surface area (Å²) in [7, 11) is 1.68. The number of ether oxygens (including phenoxy) is 2. The summed E-state index contributed by atoms with van der Waals surface area (Å²) in [5, 5.41) is 7.41. The van der Waals surface area contributed by atoms with E-state index in [0.29, 0.717) is 30.6 Å². The normalized spacial score (nSPS) is 17.9. The van der Waals surface area contributed by atoms with Crippen LogP contribution in [-0.4, -0.2) is 58.8 Å². The topological polar surface area (TPSA) is 103 Å². The maximum atomic E-state index is 14.3. The van der Waals surface area contributed by atoms with Crippen LogP contribution in [0.1, 0.15) is 54.2 Å². The first-order chi connectivity index (χ1) is 22.8. The Morgan fingerprint density at radius 1 is 1.09 bits per heavy atom. The van der Waals surface area contributed by atoms with E-state index in [1.807, 2.05) is 17.0 Å². The second kappa shape index (κ2) is 15.1. The average Bonchev–Trinajstić information content (AvgIpc) is 3.83. The summed E-state index contributed by atoms with van der Waals surface area (Å²) in [6.07, 6.45) is 7.80. The molecule has 1 aromatic carbocycles. The van der Waals surface area contributed by atoms with Crippen LogP contribution in [0.4, 0.5) is 8.78 Å². The van der Waals surface area contributed by atoms with Gasteiger partial charge in [-0.2, -0.15) is 0 Å². The van der Waals surface area contributed by atoms with E-state index >= 15 is 0 Å². The predicted molar refractivity (Wildman–Crippen MR) is 172 cm³/mol. The van der Waals surface area contributed by atoms with Gasteiger partial charge in [0.2, 0.25) is 11.8 Å². The zero-order chi connectivity index (χ0) is 32.9. The minimum atomic E-state index is -0.757. The summed E-state index contributed by atoms with van der Waals surface area (Å²) in [5.74, 6) is -1.03. The quantitative estimate of drug-likeness (QED) is 0.122. The lowest BCUT2D eigenvalue weighted by Crippen LogP contribution is -2.47. The number of nitrogens with zero attached hydrogens (tertiary/aromatic N) is 4. The van der Waals surface area contributed by atoms with Gasteiger partial charge in [-0.05, 0) is 73.9 Å². The van der Waals surface area contributed by atoms with Crippen molar-refractivity contribution in [1.82, 2.24) is 25.3 Å². The number of piperidine rings is 1. The molecule has 0 spiro atoms. The number of pyridine rings is 2. The molecule has 2 aliphatic rings. The summed E-state index contributed by atoms with van der Waals surface area (Å²) in [4.78, 5) is 25.1. The number of halogens is 4. The van der Waals surface area contributed by atoms with Crippen LogP contribution >= 0.6 is 23.2 Å². The molecule has 4 aromatic rings. The average molecular weight is 687 g/mol. The highest BCUT2D eigenvalue weighted by atomic mass is 35.5. The summed E-state index contributed by atoms with van der Waals surface area (Å²) in [5.41, 5.74) is 2.67. The van der Waals surface area contributed by atoms with E-state index in [1.165, 1.54) is 6.07 Å². The van der Waals surface area contributed by atoms with Crippen LogP contribution in [0, 0.1) is 17.6 Å². The molecule has 1 aliphatic carbocycles. The number of rotatable bonds is 13. The molecule has 4 heterocycles. The molecule has 47 heavy (non-hydrogen) atoms. The molecule has 2 atom stereocenters. The van der Waals surface area contributed by atoms with Crippen molar-refractivity contribution < 1.29 is 27.6 Å². The fourth-order valence-electron chi connectivity index (χ4n) is 5.97. The highest BCUT2D eigenvalue weighted by Crippen LogP contribution is 2.37. The molecule has 1 N–H and O–H groups in total. The fraction of sp³-hybridized carbons (Fsp3) is 0.412. The maximum absolute atomic E-state index is 14.3. The van der Waals surface area contributed by atoms with E-state index in [4.69, 9.17) is 37.2 Å². The standard InChI is InChI=1S/C34H35Cl2F2N5O4/c1-45-12-2-3-22-13-21(27(35)17-40-22)18-43(23-5-6-23)34(44)26-16-39-11-10-25(26)20-4-9-31(41-15-20)46-19-24-14-30(42-47-24)32-28(37)7-8-29(38)33(32)36/h4,7-9,13-15,17,23,25-26,39H,2-3,5-6,10-12,16,18-19H2,1H3. The Bertz CT molecular complexity index is 1700. The third-order valence-corrected chi connectivity index (χ3v) is 9.30. The maximum Gasteiger partial charge on any atom is 0.228 e. The highest BCUT2D eigenvalue weighted by molar-refractivity contribution is 6.33. The lowest BCUT2D eigenvalue weighted by Gasteiger charge is -2.35. The number of hydrogen-bond donors (Lipinski definition) is 1. The Labute approximate surface area is 281 Å². The van der Waals surface area contributed by atoms with Crippen LogP contribution in [-0.2, 0) is 29.1 Å².